The predicted octanol–water partition coefficient (Wildman–Crippen LogP) is 4.03. The zero-order valence-corrected chi connectivity index (χ0v) is 13.4. The molecule has 0 bridgehead atoms. The predicted molar refractivity (Wildman–Crippen MR) is 88.9 cm³/mol. The van der Waals surface area contributed by atoms with E-state index in [9.17, 15) is 4.79 Å². The van der Waals surface area contributed by atoms with E-state index in [2.05, 4.69) is 12.2 Å². The first kappa shape index (κ1) is 16.1. The van der Waals surface area contributed by atoms with Crippen LogP contribution in [0.25, 0.3) is 0 Å². The van der Waals surface area contributed by atoms with Crippen molar-refractivity contribution in [1.29, 1.82) is 0 Å². The number of hydrogen-bond donors (Lipinski definition) is 1. The standard InChI is InChI=1S/C19H23NO2/c1-4-18(16-8-6-5-7-9-16)20-19(21)15(3)22-17-12-10-14(2)11-13-17/h5-13,15,18H,4H2,1-3H3,(H,20,21). The molecule has 0 fully saturated rings. The summed E-state index contributed by atoms with van der Waals surface area (Å²) in [5.41, 5.74) is 2.28. The van der Waals surface area contributed by atoms with Crippen LogP contribution in [0.3, 0.4) is 0 Å². The second-order valence-electron chi connectivity index (χ2n) is 5.45. The van der Waals surface area contributed by atoms with E-state index in [-0.39, 0.29) is 11.9 Å². The van der Waals surface area contributed by atoms with Crippen LogP contribution in [-0.4, -0.2) is 12.0 Å². The lowest BCUT2D eigenvalue weighted by molar-refractivity contribution is -0.128. The Morgan fingerprint density at radius 3 is 2.32 bits per heavy atom. The number of ether oxygens (including phenoxy) is 1. The van der Waals surface area contributed by atoms with Crippen LogP contribution in [0.2, 0.25) is 0 Å². The molecule has 0 radical (unpaired) electrons. The molecular weight excluding hydrogens is 274 g/mol. The molecule has 1 N–H and O–H groups in total. The highest BCUT2D eigenvalue weighted by atomic mass is 16.5. The Hall–Kier alpha value is -2.29. The lowest BCUT2D eigenvalue weighted by Gasteiger charge is -2.21. The number of aryl methyl sites for hydroxylation is 1. The van der Waals surface area contributed by atoms with Crippen molar-refractivity contribution in [2.24, 2.45) is 0 Å². The molecule has 0 aliphatic rings. The van der Waals surface area contributed by atoms with Crippen molar-refractivity contribution in [3.63, 3.8) is 0 Å². The van der Waals surface area contributed by atoms with Gasteiger partial charge in [0.2, 0.25) is 0 Å². The Kier molecular flexibility index (Phi) is 5.59. The zero-order valence-electron chi connectivity index (χ0n) is 13.4. The maximum absolute atomic E-state index is 12.3. The van der Waals surface area contributed by atoms with Gasteiger partial charge in [-0.2, -0.15) is 0 Å². The minimum atomic E-state index is -0.527. The summed E-state index contributed by atoms with van der Waals surface area (Å²) in [6.45, 7) is 5.85. The topological polar surface area (TPSA) is 38.3 Å². The number of carbonyl (C=O) groups excluding carboxylic acids is 1. The average molecular weight is 297 g/mol. The first-order valence-corrected chi connectivity index (χ1v) is 7.68. The lowest BCUT2D eigenvalue weighted by Crippen LogP contribution is -2.38. The summed E-state index contributed by atoms with van der Waals surface area (Å²) >= 11 is 0. The van der Waals surface area contributed by atoms with Gasteiger partial charge in [0.1, 0.15) is 5.75 Å². The summed E-state index contributed by atoms with van der Waals surface area (Å²) in [7, 11) is 0. The maximum Gasteiger partial charge on any atom is 0.261 e. The smallest absolute Gasteiger partial charge is 0.261 e. The van der Waals surface area contributed by atoms with Gasteiger partial charge in [0, 0.05) is 0 Å². The minimum Gasteiger partial charge on any atom is -0.481 e. The second kappa shape index (κ2) is 7.64. The van der Waals surface area contributed by atoms with Crippen LogP contribution >= 0.6 is 0 Å². The molecule has 2 unspecified atom stereocenters. The number of carbonyl (C=O) groups is 1. The van der Waals surface area contributed by atoms with Crippen LogP contribution in [0.1, 0.15) is 37.4 Å². The van der Waals surface area contributed by atoms with E-state index in [0.29, 0.717) is 5.75 Å². The van der Waals surface area contributed by atoms with Crippen LogP contribution in [0.5, 0.6) is 5.75 Å². The molecule has 0 saturated heterocycles. The molecule has 3 nitrogen and oxygen atoms in total. The van der Waals surface area contributed by atoms with Crippen molar-refractivity contribution >= 4 is 5.91 Å². The van der Waals surface area contributed by atoms with Crippen molar-refractivity contribution in [2.75, 3.05) is 0 Å². The minimum absolute atomic E-state index is 0.0118. The highest BCUT2D eigenvalue weighted by molar-refractivity contribution is 5.81. The van der Waals surface area contributed by atoms with E-state index in [0.717, 1.165) is 12.0 Å². The molecular formula is C19H23NO2. The fourth-order valence-electron chi connectivity index (χ4n) is 2.27. The van der Waals surface area contributed by atoms with Gasteiger partial charge >= 0.3 is 0 Å². The third-order valence-corrected chi connectivity index (χ3v) is 3.63. The molecule has 2 aromatic carbocycles. The van der Waals surface area contributed by atoms with E-state index in [1.807, 2.05) is 61.5 Å². The molecule has 3 heteroatoms. The average Bonchev–Trinajstić information content (AvgIpc) is 2.55. The second-order valence-corrected chi connectivity index (χ2v) is 5.45. The van der Waals surface area contributed by atoms with Gasteiger partial charge in [-0.3, -0.25) is 4.79 Å². The Labute approximate surface area is 132 Å². The fraction of sp³-hybridized carbons (Fsp3) is 0.316. The first-order chi connectivity index (χ1) is 10.6. The SMILES string of the molecule is CCC(NC(=O)C(C)Oc1ccc(C)cc1)c1ccccc1. The van der Waals surface area contributed by atoms with Crippen LogP contribution < -0.4 is 10.1 Å². The molecule has 0 aliphatic heterocycles. The molecule has 0 saturated carbocycles. The Morgan fingerprint density at radius 1 is 1.09 bits per heavy atom. The molecule has 0 aliphatic carbocycles. The Bertz CT molecular complexity index is 593. The van der Waals surface area contributed by atoms with Gasteiger partial charge in [0.25, 0.3) is 5.91 Å². The number of hydrogen-bond acceptors (Lipinski definition) is 2. The Morgan fingerprint density at radius 2 is 1.73 bits per heavy atom. The van der Waals surface area contributed by atoms with Crippen molar-refractivity contribution < 1.29 is 9.53 Å². The molecule has 1 amide bonds. The van der Waals surface area contributed by atoms with E-state index in [4.69, 9.17) is 4.74 Å². The van der Waals surface area contributed by atoms with E-state index in [1.165, 1.54) is 5.56 Å². The quantitative estimate of drug-likeness (QED) is 0.874. The molecule has 22 heavy (non-hydrogen) atoms. The molecule has 2 atom stereocenters. The highest BCUT2D eigenvalue weighted by Gasteiger charge is 2.19. The summed E-state index contributed by atoms with van der Waals surface area (Å²) in [6, 6.07) is 17.7. The number of benzene rings is 2. The van der Waals surface area contributed by atoms with Crippen molar-refractivity contribution in [1.82, 2.24) is 5.32 Å². The van der Waals surface area contributed by atoms with Gasteiger partial charge in [-0.25, -0.2) is 0 Å². The summed E-state index contributed by atoms with van der Waals surface area (Å²) in [6.07, 6.45) is 0.313. The van der Waals surface area contributed by atoms with Crippen molar-refractivity contribution in [3.8, 4) is 5.75 Å². The van der Waals surface area contributed by atoms with Gasteiger partial charge < -0.3 is 10.1 Å². The lowest BCUT2D eigenvalue weighted by atomic mass is 10.0. The monoisotopic (exact) mass is 297 g/mol. The third-order valence-electron chi connectivity index (χ3n) is 3.63. The van der Waals surface area contributed by atoms with Gasteiger partial charge in [0.05, 0.1) is 6.04 Å². The van der Waals surface area contributed by atoms with E-state index in [1.54, 1.807) is 6.92 Å². The summed E-state index contributed by atoms with van der Waals surface area (Å²) < 4.78 is 5.70. The summed E-state index contributed by atoms with van der Waals surface area (Å²) in [5, 5.41) is 3.05. The van der Waals surface area contributed by atoms with Crippen LogP contribution in [-0.2, 0) is 4.79 Å². The van der Waals surface area contributed by atoms with Crippen molar-refractivity contribution in [2.45, 2.75) is 39.3 Å². The zero-order chi connectivity index (χ0) is 15.9. The van der Waals surface area contributed by atoms with E-state index >= 15 is 0 Å². The summed E-state index contributed by atoms with van der Waals surface area (Å²) in [4.78, 5) is 12.3. The van der Waals surface area contributed by atoms with Crippen LogP contribution in [0.4, 0.5) is 0 Å². The molecule has 0 heterocycles. The van der Waals surface area contributed by atoms with Gasteiger partial charge in [0.15, 0.2) is 6.10 Å². The summed E-state index contributed by atoms with van der Waals surface area (Å²) in [5.74, 6) is 0.609. The maximum atomic E-state index is 12.3. The fourth-order valence-corrected chi connectivity index (χ4v) is 2.27. The van der Waals surface area contributed by atoms with Gasteiger partial charge in [-0.1, -0.05) is 55.0 Å². The van der Waals surface area contributed by atoms with Gasteiger partial charge in [-0.15, -0.1) is 0 Å². The molecule has 2 rings (SSSR count). The largest absolute Gasteiger partial charge is 0.481 e. The Balaban J connectivity index is 1.96. The molecule has 0 aromatic heterocycles. The molecule has 2 aromatic rings. The van der Waals surface area contributed by atoms with Crippen LogP contribution in [0, 0.1) is 6.92 Å². The van der Waals surface area contributed by atoms with Gasteiger partial charge in [-0.05, 0) is 38.0 Å². The molecule has 0 spiro atoms. The number of rotatable bonds is 6. The first-order valence-electron chi connectivity index (χ1n) is 7.68. The highest BCUT2D eigenvalue weighted by Crippen LogP contribution is 2.17. The van der Waals surface area contributed by atoms with E-state index < -0.39 is 6.10 Å². The number of amides is 1. The normalized spacial score (nSPS) is 13.2. The van der Waals surface area contributed by atoms with Crippen molar-refractivity contribution in [3.05, 3.63) is 65.7 Å². The number of nitrogens with one attached hydrogen (secondary N) is 1. The molecule has 116 valence electrons. The third kappa shape index (κ3) is 4.35. The van der Waals surface area contributed by atoms with Crippen LogP contribution in [0.15, 0.2) is 54.6 Å².